The maximum Gasteiger partial charge on any atom is 0.130 e. The standard InChI is InChI=1S/C13H16O/c1-2-6-10-11-7-4-5-9-13(11)14-12(10)8-3-1/h7,9H,1-6,8H2. The Morgan fingerprint density at radius 2 is 1.79 bits per heavy atom. The zero-order chi connectivity index (χ0) is 9.38. The fourth-order valence-electron chi connectivity index (χ4n) is 2.61. The third-order valence-electron chi connectivity index (χ3n) is 3.34. The van der Waals surface area contributed by atoms with Crippen molar-refractivity contribution in [2.24, 2.45) is 0 Å². The summed E-state index contributed by atoms with van der Waals surface area (Å²) in [5, 5.41) is 1.42. The van der Waals surface area contributed by atoms with E-state index in [1.54, 1.807) is 0 Å². The zero-order valence-corrected chi connectivity index (χ0v) is 8.51. The SMILES string of the molecule is C1=c2oc3c(c2=CCC1)CCCCC3. The monoisotopic (exact) mass is 188 g/mol. The van der Waals surface area contributed by atoms with Gasteiger partial charge in [-0.05, 0) is 38.2 Å². The molecule has 14 heavy (non-hydrogen) atoms. The van der Waals surface area contributed by atoms with Gasteiger partial charge in [-0.25, -0.2) is 0 Å². The van der Waals surface area contributed by atoms with Crippen LogP contribution in [-0.2, 0) is 12.8 Å². The second-order valence-corrected chi connectivity index (χ2v) is 4.33. The molecule has 1 aromatic heterocycles. The van der Waals surface area contributed by atoms with Crippen LogP contribution < -0.4 is 10.6 Å². The Bertz CT molecular complexity index is 450. The van der Waals surface area contributed by atoms with Gasteiger partial charge in [0, 0.05) is 17.2 Å². The van der Waals surface area contributed by atoms with Gasteiger partial charge in [-0.1, -0.05) is 12.5 Å². The van der Waals surface area contributed by atoms with E-state index in [-0.39, 0.29) is 0 Å². The summed E-state index contributed by atoms with van der Waals surface area (Å²) in [5.41, 5.74) is 2.68. The molecule has 1 heterocycles. The Balaban J connectivity index is 2.23. The van der Waals surface area contributed by atoms with Crippen molar-refractivity contribution in [1.82, 2.24) is 0 Å². The topological polar surface area (TPSA) is 13.1 Å². The molecule has 1 heteroatoms. The van der Waals surface area contributed by atoms with Gasteiger partial charge in [0.2, 0.25) is 0 Å². The molecule has 0 aliphatic heterocycles. The fourth-order valence-corrected chi connectivity index (χ4v) is 2.61. The molecule has 3 rings (SSSR count). The van der Waals surface area contributed by atoms with E-state index in [1.807, 2.05) is 0 Å². The fraction of sp³-hybridized carbons (Fsp3) is 0.538. The van der Waals surface area contributed by atoms with Gasteiger partial charge in [0.1, 0.15) is 11.2 Å². The minimum absolute atomic E-state index is 1.15. The van der Waals surface area contributed by atoms with Gasteiger partial charge in [0.25, 0.3) is 0 Å². The van der Waals surface area contributed by atoms with Gasteiger partial charge < -0.3 is 4.42 Å². The summed E-state index contributed by atoms with van der Waals surface area (Å²) in [7, 11) is 0. The first-order chi connectivity index (χ1) is 6.95. The molecule has 0 saturated heterocycles. The maximum atomic E-state index is 5.92. The van der Waals surface area contributed by atoms with Crippen LogP contribution in [0.5, 0.6) is 0 Å². The van der Waals surface area contributed by atoms with E-state index < -0.39 is 0 Å². The van der Waals surface area contributed by atoms with Crippen molar-refractivity contribution in [2.75, 3.05) is 0 Å². The van der Waals surface area contributed by atoms with Crippen LogP contribution in [-0.4, -0.2) is 0 Å². The highest BCUT2D eigenvalue weighted by Gasteiger charge is 2.14. The molecule has 0 bridgehead atoms. The number of fused-ring (bicyclic) bond motifs is 3. The second kappa shape index (κ2) is 3.30. The highest BCUT2D eigenvalue weighted by Crippen LogP contribution is 2.17. The van der Waals surface area contributed by atoms with Crippen LogP contribution in [0.25, 0.3) is 12.2 Å². The van der Waals surface area contributed by atoms with Crippen LogP contribution >= 0.6 is 0 Å². The Morgan fingerprint density at radius 1 is 0.929 bits per heavy atom. The average Bonchev–Trinajstić information content (AvgIpc) is 2.42. The first-order valence-electron chi connectivity index (χ1n) is 5.76. The molecule has 74 valence electrons. The van der Waals surface area contributed by atoms with Crippen LogP contribution in [0, 0.1) is 0 Å². The summed E-state index contributed by atoms with van der Waals surface area (Å²) >= 11 is 0. The zero-order valence-electron chi connectivity index (χ0n) is 8.51. The van der Waals surface area contributed by atoms with Crippen molar-refractivity contribution >= 4 is 12.2 Å². The van der Waals surface area contributed by atoms with Gasteiger partial charge in [-0.3, -0.25) is 0 Å². The Hall–Kier alpha value is -0.980. The second-order valence-electron chi connectivity index (χ2n) is 4.33. The van der Waals surface area contributed by atoms with E-state index in [0.29, 0.717) is 0 Å². The lowest BCUT2D eigenvalue weighted by Crippen LogP contribution is -2.25. The lowest BCUT2D eigenvalue weighted by Gasteiger charge is -1.96. The first kappa shape index (κ1) is 8.34. The Labute approximate surface area is 84.1 Å². The molecule has 1 aromatic rings. The molecule has 1 nitrogen and oxygen atoms in total. The summed E-state index contributed by atoms with van der Waals surface area (Å²) in [5.74, 6) is 1.28. The largest absolute Gasteiger partial charge is 0.461 e. The van der Waals surface area contributed by atoms with E-state index in [9.17, 15) is 0 Å². The predicted molar refractivity (Wildman–Crippen MR) is 57.4 cm³/mol. The summed E-state index contributed by atoms with van der Waals surface area (Å²) in [4.78, 5) is 0. The van der Waals surface area contributed by atoms with Crippen molar-refractivity contribution < 1.29 is 4.42 Å². The van der Waals surface area contributed by atoms with E-state index >= 15 is 0 Å². The molecule has 2 aliphatic rings. The molecule has 0 saturated carbocycles. The normalized spacial score (nSPS) is 20.0. The number of furan rings is 1. The van der Waals surface area contributed by atoms with Crippen LogP contribution in [0.1, 0.15) is 43.4 Å². The summed E-state index contributed by atoms with van der Waals surface area (Å²) in [6.45, 7) is 0. The van der Waals surface area contributed by atoms with Crippen molar-refractivity contribution in [2.45, 2.75) is 44.9 Å². The third-order valence-corrected chi connectivity index (χ3v) is 3.34. The van der Waals surface area contributed by atoms with Crippen LogP contribution in [0.4, 0.5) is 0 Å². The minimum Gasteiger partial charge on any atom is -0.461 e. The molecular weight excluding hydrogens is 172 g/mol. The number of aryl methyl sites for hydroxylation is 1. The van der Waals surface area contributed by atoms with Crippen LogP contribution in [0.2, 0.25) is 0 Å². The quantitative estimate of drug-likeness (QED) is 0.567. The predicted octanol–water partition coefficient (Wildman–Crippen LogP) is 1.90. The highest BCUT2D eigenvalue weighted by atomic mass is 16.3. The maximum absolute atomic E-state index is 5.92. The van der Waals surface area contributed by atoms with Gasteiger partial charge in [0.15, 0.2) is 0 Å². The summed E-state index contributed by atoms with van der Waals surface area (Å²) < 4.78 is 5.92. The molecule has 0 N–H and O–H groups in total. The summed E-state index contributed by atoms with van der Waals surface area (Å²) in [6.07, 6.45) is 13.4. The van der Waals surface area contributed by atoms with Gasteiger partial charge in [0.05, 0.1) is 0 Å². The summed E-state index contributed by atoms with van der Waals surface area (Å²) in [6, 6.07) is 0. The van der Waals surface area contributed by atoms with E-state index in [1.165, 1.54) is 48.6 Å². The van der Waals surface area contributed by atoms with Crippen LogP contribution in [0.15, 0.2) is 4.42 Å². The van der Waals surface area contributed by atoms with E-state index in [2.05, 4.69) is 12.2 Å². The Kier molecular flexibility index (Phi) is 1.97. The third kappa shape index (κ3) is 1.23. The van der Waals surface area contributed by atoms with Crippen molar-refractivity contribution in [3.63, 3.8) is 0 Å². The number of rotatable bonds is 0. The first-order valence-corrected chi connectivity index (χ1v) is 5.76. The van der Waals surface area contributed by atoms with E-state index in [0.717, 1.165) is 18.3 Å². The van der Waals surface area contributed by atoms with E-state index in [4.69, 9.17) is 4.42 Å². The van der Waals surface area contributed by atoms with Crippen LogP contribution in [0.3, 0.4) is 0 Å². The lowest BCUT2D eigenvalue weighted by molar-refractivity contribution is 0.472. The van der Waals surface area contributed by atoms with Gasteiger partial charge in [-0.2, -0.15) is 0 Å². The Morgan fingerprint density at radius 3 is 2.79 bits per heavy atom. The molecule has 2 aliphatic carbocycles. The minimum atomic E-state index is 1.15. The number of hydrogen-bond acceptors (Lipinski definition) is 1. The van der Waals surface area contributed by atoms with Crippen molar-refractivity contribution in [3.8, 4) is 0 Å². The molecule has 0 spiro atoms. The lowest BCUT2D eigenvalue weighted by atomic mass is 10.1. The van der Waals surface area contributed by atoms with Crippen molar-refractivity contribution in [3.05, 3.63) is 22.0 Å². The molecule has 0 radical (unpaired) electrons. The molecule has 0 fully saturated rings. The molecular formula is C13H16O. The molecule has 0 atom stereocenters. The molecule has 0 unspecified atom stereocenters. The number of hydrogen-bond donors (Lipinski definition) is 0. The molecule has 0 amide bonds. The van der Waals surface area contributed by atoms with Gasteiger partial charge >= 0.3 is 0 Å². The smallest absolute Gasteiger partial charge is 0.130 e. The van der Waals surface area contributed by atoms with Crippen molar-refractivity contribution in [1.29, 1.82) is 0 Å². The molecule has 0 aromatic carbocycles. The highest BCUT2D eigenvalue weighted by molar-refractivity contribution is 5.40. The van der Waals surface area contributed by atoms with Gasteiger partial charge in [-0.15, -0.1) is 0 Å². The average molecular weight is 188 g/mol.